The first-order valence-corrected chi connectivity index (χ1v) is 11.8. The van der Waals surface area contributed by atoms with Gasteiger partial charge in [-0.05, 0) is 50.8 Å². The van der Waals surface area contributed by atoms with E-state index < -0.39 is 0 Å². The summed E-state index contributed by atoms with van der Waals surface area (Å²) in [4.78, 5) is 12.4. The molecule has 0 fully saturated rings. The molecule has 1 aromatic carbocycles. The minimum Gasteiger partial charge on any atom is -0.355 e. The lowest BCUT2D eigenvalue weighted by atomic mass is 10.1. The van der Waals surface area contributed by atoms with Gasteiger partial charge in [-0.2, -0.15) is 0 Å². The van der Waals surface area contributed by atoms with Gasteiger partial charge in [0.15, 0.2) is 5.16 Å². The summed E-state index contributed by atoms with van der Waals surface area (Å²) in [5.74, 6) is 3.13. The molecule has 0 atom stereocenters. The minimum atomic E-state index is -0.0197. The maximum atomic E-state index is 12.4. The number of aromatic nitrogens is 6. The van der Waals surface area contributed by atoms with Crippen molar-refractivity contribution in [1.82, 2.24) is 34.8 Å². The molecule has 8 nitrogen and oxygen atoms in total. The van der Waals surface area contributed by atoms with E-state index in [1.807, 2.05) is 11.5 Å². The first-order valence-electron chi connectivity index (χ1n) is 10.8. The van der Waals surface area contributed by atoms with Gasteiger partial charge in [0.2, 0.25) is 5.91 Å². The predicted octanol–water partition coefficient (Wildman–Crippen LogP) is 2.96. The fourth-order valence-electron chi connectivity index (χ4n) is 3.90. The number of carbonyl (C=O) groups is 1. The number of benzene rings is 1. The number of hydrogen-bond donors (Lipinski definition) is 1. The molecule has 1 amide bonds. The van der Waals surface area contributed by atoms with E-state index in [0.29, 0.717) is 18.7 Å². The third-order valence-electron chi connectivity index (χ3n) is 5.59. The highest BCUT2D eigenvalue weighted by Crippen LogP contribution is 2.24. The Morgan fingerprint density at radius 1 is 1.10 bits per heavy atom. The van der Waals surface area contributed by atoms with Crippen LogP contribution in [0.1, 0.15) is 47.9 Å². The third kappa shape index (κ3) is 4.98. The maximum absolute atomic E-state index is 12.4. The van der Waals surface area contributed by atoms with Gasteiger partial charge in [0.1, 0.15) is 17.5 Å². The topological polar surface area (TPSA) is 90.5 Å². The second kappa shape index (κ2) is 9.64. The lowest BCUT2D eigenvalue weighted by Gasteiger charge is -2.12. The first kappa shape index (κ1) is 21.5. The number of hydrogen-bond acceptors (Lipinski definition) is 6. The molecule has 0 bridgehead atoms. The monoisotopic (exact) mass is 439 g/mol. The Morgan fingerprint density at radius 3 is 2.84 bits per heavy atom. The van der Waals surface area contributed by atoms with Crippen LogP contribution in [0.15, 0.2) is 23.4 Å². The zero-order valence-electron chi connectivity index (χ0n) is 18.4. The highest BCUT2D eigenvalue weighted by molar-refractivity contribution is 7.99. The number of aryl methyl sites for hydroxylation is 4. The summed E-state index contributed by atoms with van der Waals surface area (Å²) < 4.78 is 4.25. The van der Waals surface area contributed by atoms with Gasteiger partial charge in [-0.15, -0.1) is 20.4 Å². The van der Waals surface area contributed by atoms with Crippen molar-refractivity contribution in [2.24, 2.45) is 0 Å². The number of carbonyl (C=O) groups excluding carboxylic acids is 1. The first-order chi connectivity index (χ1) is 15.0. The van der Waals surface area contributed by atoms with Crippen molar-refractivity contribution < 1.29 is 4.79 Å². The van der Waals surface area contributed by atoms with E-state index in [-0.39, 0.29) is 5.91 Å². The van der Waals surface area contributed by atoms with Crippen LogP contribution >= 0.6 is 11.8 Å². The van der Waals surface area contributed by atoms with E-state index in [4.69, 9.17) is 0 Å². The summed E-state index contributed by atoms with van der Waals surface area (Å²) in [6.45, 7) is 7.60. The summed E-state index contributed by atoms with van der Waals surface area (Å²) in [6, 6.07) is 6.31. The number of rotatable bonds is 7. The molecule has 3 heterocycles. The number of nitrogens with zero attached hydrogens (tertiary/aromatic N) is 6. The largest absolute Gasteiger partial charge is 0.355 e. The lowest BCUT2D eigenvalue weighted by Crippen LogP contribution is -2.28. The van der Waals surface area contributed by atoms with Crippen molar-refractivity contribution in [1.29, 1.82) is 0 Å². The van der Waals surface area contributed by atoms with Crippen molar-refractivity contribution in [2.45, 2.75) is 64.6 Å². The highest BCUT2D eigenvalue weighted by Gasteiger charge is 2.16. The molecule has 0 saturated heterocycles. The van der Waals surface area contributed by atoms with Crippen LogP contribution < -0.4 is 5.32 Å². The molecule has 9 heteroatoms. The molecule has 1 N–H and O–H groups in total. The molecule has 0 spiro atoms. The Morgan fingerprint density at radius 2 is 1.97 bits per heavy atom. The van der Waals surface area contributed by atoms with Crippen LogP contribution in [0.25, 0.3) is 5.69 Å². The van der Waals surface area contributed by atoms with Crippen LogP contribution in [0.3, 0.4) is 0 Å². The minimum absolute atomic E-state index is 0.0197. The fraction of sp³-hybridized carbons (Fsp3) is 0.500. The van der Waals surface area contributed by atoms with Gasteiger partial charge in [-0.3, -0.25) is 9.36 Å². The number of thioether (sulfide) groups is 1. The van der Waals surface area contributed by atoms with E-state index in [1.165, 1.54) is 36.6 Å². The van der Waals surface area contributed by atoms with Gasteiger partial charge in [-0.1, -0.05) is 30.3 Å². The summed E-state index contributed by atoms with van der Waals surface area (Å²) in [6.07, 6.45) is 5.28. The van der Waals surface area contributed by atoms with E-state index in [9.17, 15) is 4.79 Å². The zero-order chi connectivity index (χ0) is 21.8. The molecule has 1 aliphatic heterocycles. The van der Waals surface area contributed by atoms with Crippen LogP contribution in [0, 0.1) is 20.8 Å². The molecule has 0 aliphatic carbocycles. The van der Waals surface area contributed by atoms with Gasteiger partial charge in [0.25, 0.3) is 0 Å². The number of amides is 1. The Labute approximate surface area is 186 Å². The van der Waals surface area contributed by atoms with Crippen LogP contribution in [0.4, 0.5) is 0 Å². The predicted molar refractivity (Wildman–Crippen MR) is 121 cm³/mol. The third-order valence-corrected chi connectivity index (χ3v) is 6.52. The molecule has 164 valence electrons. The van der Waals surface area contributed by atoms with E-state index in [0.717, 1.165) is 46.8 Å². The maximum Gasteiger partial charge on any atom is 0.230 e. The fourth-order valence-corrected chi connectivity index (χ4v) is 4.72. The summed E-state index contributed by atoms with van der Waals surface area (Å²) in [7, 11) is 0. The SMILES string of the molecule is Cc1ccc(C)c(-n2c(C)nnc2SCC(=O)NCCc2nnc3n2CCCCC3)c1. The van der Waals surface area contributed by atoms with Gasteiger partial charge >= 0.3 is 0 Å². The zero-order valence-corrected chi connectivity index (χ0v) is 19.2. The Bertz CT molecular complexity index is 1070. The average molecular weight is 440 g/mol. The Hall–Kier alpha value is -2.68. The summed E-state index contributed by atoms with van der Waals surface area (Å²) in [5, 5.41) is 20.9. The van der Waals surface area contributed by atoms with Crippen molar-refractivity contribution in [3.05, 3.63) is 46.8 Å². The summed E-state index contributed by atoms with van der Waals surface area (Å²) >= 11 is 1.40. The van der Waals surface area contributed by atoms with Crippen molar-refractivity contribution in [3.63, 3.8) is 0 Å². The van der Waals surface area contributed by atoms with Crippen LogP contribution in [0.5, 0.6) is 0 Å². The van der Waals surface area contributed by atoms with E-state index in [1.54, 1.807) is 0 Å². The summed E-state index contributed by atoms with van der Waals surface area (Å²) in [5.41, 5.74) is 3.37. The molecule has 31 heavy (non-hydrogen) atoms. The molecule has 0 radical (unpaired) electrons. The molecular formula is C22H29N7OS. The van der Waals surface area contributed by atoms with Crippen molar-refractivity contribution >= 4 is 17.7 Å². The van der Waals surface area contributed by atoms with Crippen LogP contribution in [-0.2, 0) is 24.2 Å². The molecule has 0 saturated carbocycles. The van der Waals surface area contributed by atoms with Crippen molar-refractivity contribution in [3.8, 4) is 5.69 Å². The van der Waals surface area contributed by atoms with Gasteiger partial charge in [-0.25, -0.2) is 0 Å². The lowest BCUT2D eigenvalue weighted by molar-refractivity contribution is -0.118. The molecular weight excluding hydrogens is 410 g/mol. The Kier molecular flexibility index (Phi) is 6.70. The molecule has 4 rings (SSSR count). The van der Waals surface area contributed by atoms with Gasteiger partial charge in [0.05, 0.1) is 11.4 Å². The van der Waals surface area contributed by atoms with E-state index in [2.05, 4.69) is 62.3 Å². The molecule has 3 aromatic rings. The molecule has 1 aliphatic rings. The average Bonchev–Trinajstić information content (AvgIpc) is 3.22. The quantitative estimate of drug-likeness (QED) is 0.569. The van der Waals surface area contributed by atoms with Gasteiger partial charge < -0.3 is 9.88 Å². The van der Waals surface area contributed by atoms with Crippen LogP contribution in [0.2, 0.25) is 0 Å². The number of nitrogens with one attached hydrogen (secondary N) is 1. The molecule has 0 unspecified atom stereocenters. The molecule has 2 aromatic heterocycles. The van der Waals surface area contributed by atoms with Crippen molar-refractivity contribution in [2.75, 3.05) is 12.3 Å². The van der Waals surface area contributed by atoms with Gasteiger partial charge in [0, 0.05) is 25.9 Å². The standard InChI is InChI=1S/C22H29N7OS/c1-15-8-9-16(2)18(13-15)29-17(3)24-27-22(29)31-14-21(30)23-11-10-20-26-25-19-7-5-4-6-12-28(19)20/h8-9,13H,4-7,10-12,14H2,1-3H3,(H,23,30). The highest BCUT2D eigenvalue weighted by atomic mass is 32.2. The Balaban J connectivity index is 1.33. The van der Waals surface area contributed by atoms with E-state index >= 15 is 0 Å². The smallest absolute Gasteiger partial charge is 0.230 e. The second-order valence-electron chi connectivity index (χ2n) is 8.04. The second-order valence-corrected chi connectivity index (χ2v) is 8.98. The normalized spacial score (nSPS) is 13.6. The number of fused-ring (bicyclic) bond motifs is 1. The van der Waals surface area contributed by atoms with Crippen LogP contribution in [-0.4, -0.2) is 47.7 Å².